The van der Waals surface area contributed by atoms with Crippen LogP contribution in [0, 0.1) is 5.82 Å². The van der Waals surface area contributed by atoms with E-state index in [-0.39, 0.29) is 29.8 Å². The quantitative estimate of drug-likeness (QED) is 0.265. The summed E-state index contributed by atoms with van der Waals surface area (Å²) < 4.78 is 18.7. The third kappa shape index (κ3) is 7.55. The highest BCUT2D eigenvalue weighted by molar-refractivity contribution is 14.0. The molecule has 0 spiro atoms. The molecule has 1 aromatic carbocycles. The summed E-state index contributed by atoms with van der Waals surface area (Å²) in [6.45, 7) is 3.91. The van der Waals surface area contributed by atoms with Gasteiger partial charge in [-0.05, 0) is 30.2 Å². The minimum Gasteiger partial charge on any atom is -0.477 e. The minimum atomic E-state index is -0.238. The van der Waals surface area contributed by atoms with Gasteiger partial charge in [-0.1, -0.05) is 31.5 Å². The third-order valence-corrected chi connectivity index (χ3v) is 3.63. The van der Waals surface area contributed by atoms with Crippen molar-refractivity contribution in [1.29, 1.82) is 0 Å². The number of hydrogen-bond acceptors (Lipinski definition) is 3. The Bertz CT molecular complexity index is 679. The number of nitrogens with one attached hydrogen (secondary N) is 2. The lowest BCUT2D eigenvalue weighted by Gasteiger charge is -2.14. The number of guanidine groups is 1. The summed E-state index contributed by atoms with van der Waals surface area (Å²) in [6, 6.07) is 10.3. The molecule has 0 aliphatic heterocycles. The second-order valence-corrected chi connectivity index (χ2v) is 5.58. The highest BCUT2D eigenvalue weighted by Crippen LogP contribution is 2.14. The predicted molar refractivity (Wildman–Crippen MR) is 113 cm³/mol. The smallest absolute Gasteiger partial charge is 0.218 e. The summed E-state index contributed by atoms with van der Waals surface area (Å²) in [5.41, 5.74) is 1.96. The largest absolute Gasteiger partial charge is 0.477 e. The molecule has 142 valence electrons. The molecule has 2 rings (SSSR count). The SMILES string of the molecule is CCCCOc1ncccc1CNC(=NC)NCc1ccc(F)cc1.I. The number of nitrogens with zero attached hydrogens (tertiary/aromatic N) is 2. The number of aromatic nitrogens is 1. The van der Waals surface area contributed by atoms with Crippen LogP contribution in [0.1, 0.15) is 30.9 Å². The van der Waals surface area contributed by atoms with Crippen molar-refractivity contribution in [2.75, 3.05) is 13.7 Å². The summed E-state index contributed by atoms with van der Waals surface area (Å²) in [7, 11) is 1.71. The van der Waals surface area contributed by atoms with Gasteiger partial charge in [0.25, 0.3) is 0 Å². The number of ether oxygens (including phenoxy) is 1. The van der Waals surface area contributed by atoms with Gasteiger partial charge in [0.2, 0.25) is 5.88 Å². The van der Waals surface area contributed by atoms with Crippen molar-refractivity contribution in [1.82, 2.24) is 15.6 Å². The van der Waals surface area contributed by atoms with Crippen molar-refractivity contribution >= 4 is 29.9 Å². The van der Waals surface area contributed by atoms with Crippen LogP contribution < -0.4 is 15.4 Å². The van der Waals surface area contributed by atoms with Crippen molar-refractivity contribution in [3.05, 3.63) is 59.5 Å². The second-order valence-electron chi connectivity index (χ2n) is 5.58. The van der Waals surface area contributed by atoms with Gasteiger partial charge < -0.3 is 15.4 Å². The lowest BCUT2D eigenvalue weighted by molar-refractivity contribution is 0.294. The molecule has 1 heterocycles. The Morgan fingerprint density at radius 1 is 1.15 bits per heavy atom. The Morgan fingerprint density at radius 3 is 2.58 bits per heavy atom. The van der Waals surface area contributed by atoms with Crippen molar-refractivity contribution in [3.63, 3.8) is 0 Å². The van der Waals surface area contributed by atoms with Crippen molar-refractivity contribution in [3.8, 4) is 5.88 Å². The highest BCUT2D eigenvalue weighted by Gasteiger charge is 2.06. The molecule has 0 radical (unpaired) electrons. The van der Waals surface area contributed by atoms with E-state index < -0.39 is 0 Å². The molecule has 0 unspecified atom stereocenters. The predicted octanol–water partition coefficient (Wildman–Crippen LogP) is 3.88. The van der Waals surface area contributed by atoms with E-state index in [4.69, 9.17) is 4.74 Å². The lowest BCUT2D eigenvalue weighted by atomic mass is 10.2. The average Bonchev–Trinajstić information content (AvgIpc) is 2.64. The van der Waals surface area contributed by atoms with Crippen LogP contribution in [0.25, 0.3) is 0 Å². The fourth-order valence-electron chi connectivity index (χ4n) is 2.19. The van der Waals surface area contributed by atoms with Crippen LogP contribution in [0.3, 0.4) is 0 Å². The molecule has 0 fully saturated rings. The first kappa shape index (κ1) is 22.1. The standard InChI is InChI=1S/C19H25FN4O.HI/c1-3-4-12-25-18-16(6-5-11-22-18)14-24-19(21-2)23-13-15-7-9-17(20)10-8-15;/h5-11H,3-4,12-14H2,1-2H3,(H2,21,23,24);1H. The number of pyridine rings is 1. The molecule has 5 nitrogen and oxygen atoms in total. The molecular formula is C19H26FIN4O. The van der Waals surface area contributed by atoms with Crippen molar-refractivity contribution < 1.29 is 9.13 Å². The second kappa shape index (κ2) is 12.5. The van der Waals surface area contributed by atoms with Gasteiger partial charge in [0.1, 0.15) is 5.82 Å². The maximum Gasteiger partial charge on any atom is 0.218 e. The number of aliphatic imine (C=N–C) groups is 1. The van der Waals surface area contributed by atoms with Crippen LogP contribution in [0.4, 0.5) is 4.39 Å². The van der Waals surface area contributed by atoms with E-state index in [1.165, 1.54) is 12.1 Å². The molecule has 0 bridgehead atoms. The Morgan fingerprint density at radius 2 is 1.88 bits per heavy atom. The van der Waals surface area contributed by atoms with Crippen LogP contribution in [0.15, 0.2) is 47.6 Å². The normalized spacial score (nSPS) is 10.8. The van der Waals surface area contributed by atoms with Crippen molar-refractivity contribution in [2.24, 2.45) is 4.99 Å². The number of hydrogen-bond donors (Lipinski definition) is 2. The number of rotatable bonds is 8. The first-order chi connectivity index (χ1) is 12.2. The zero-order valence-corrected chi connectivity index (χ0v) is 17.5. The fourth-order valence-corrected chi connectivity index (χ4v) is 2.19. The van der Waals surface area contributed by atoms with Crippen LogP contribution in [-0.2, 0) is 13.1 Å². The maximum absolute atomic E-state index is 12.9. The van der Waals surface area contributed by atoms with E-state index in [9.17, 15) is 4.39 Å². The number of unbranched alkanes of at least 4 members (excludes halogenated alkanes) is 1. The van der Waals surface area contributed by atoms with E-state index in [2.05, 4.69) is 27.5 Å². The van der Waals surface area contributed by atoms with Crippen LogP contribution in [0.5, 0.6) is 5.88 Å². The highest BCUT2D eigenvalue weighted by atomic mass is 127. The van der Waals surface area contributed by atoms with E-state index in [0.717, 1.165) is 24.0 Å². The molecular weight excluding hydrogens is 446 g/mol. The zero-order chi connectivity index (χ0) is 17.9. The lowest BCUT2D eigenvalue weighted by Crippen LogP contribution is -2.36. The van der Waals surface area contributed by atoms with E-state index in [1.807, 2.05) is 12.1 Å². The molecule has 0 saturated carbocycles. The van der Waals surface area contributed by atoms with Gasteiger partial charge in [-0.25, -0.2) is 9.37 Å². The number of halogens is 2. The van der Waals surface area contributed by atoms with Gasteiger partial charge in [0, 0.05) is 31.9 Å². The molecule has 0 aliphatic carbocycles. The van der Waals surface area contributed by atoms with Gasteiger partial charge in [-0.2, -0.15) is 0 Å². The first-order valence-electron chi connectivity index (χ1n) is 8.48. The van der Waals surface area contributed by atoms with Crippen LogP contribution in [-0.4, -0.2) is 24.6 Å². The molecule has 2 N–H and O–H groups in total. The first-order valence-corrected chi connectivity index (χ1v) is 8.48. The topological polar surface area (TPSA) is 58.5 Å². The van der Waals surface area contributed by atoms with E-state index in [0.29, 0.717) is 31.5 Å². The Labute approximate surface area is 171 Å². The molecule has 1 aromatic heterocycles. The van der Waals surface area contributed by atoms with Gasteiger partial charge in [-0.15, -0.1) is 24.0 Å². The summed E-state index contributed by atoms with van der Waals surface area (Å²) in [4.78, 5) is 8.50. The zero-order valence-electron chi connectivity index (χ0n) is 15.2. The summed E-state index contributed by atoms with van der Waals surface area (Å²) >= 11 is 0. The average molecular weight is 472 g/mol. The molecule has 0 saturated heterocycles. The Kier molecular flexibility index (Phi) is 10.6. The van der Waals surface area contributed by atoms with Gasteiger partial charge in [0.15, 0.2) is 5.96 Å². The van der Waals surface area contributed by atoms with Gasteiger partial charge >= 0.3 is 0 Å². The Balaban J connectivity index is 0.00000338. The van der Waals surface area contributed by atoms with Gasteiger partial charge in [-0.3, -0.25) is 4.99 Å². The molecule has 0 amide bonds. The van der Waals surface area contributed by atoms with Crippen LogP contribution >= 0.6 is 24.0 Å². The molecule has 7 heteroatoms. The molecule has 0 atom stereocenters. The summed E-state index contributed by atoms with van der Waals surface area (Å²) in [5.74, 6) is 1.07. The van der Waals surface area contributed by atoms with E-state index in [1.54, 1.807) is 25.4 Å². The van der Waals surface area contributed by atoms with Crippen molar-refractivity contribution in [2.45, 2.75) is 32.9 Å². The fraction of sp³-hybridized carbons (Fsp3) is 0.368. The molecule has 26 heavy (non-hydrogen) atoms. The monoisotopic (exact) mass is 472 g/mol. The Hall–Kier alpha value is -1.90. The summed E-state index contributed by atoms with van der Waals surface area (Å²) in [6.07, 6.45) is 3.82. The number of benzene rings is 1. The third-order valence-electron chi connectivity index (χ3n) is 3.63. The maximum atomic E-state index is 12.9. The van der Waals surface area contributed by atoms with Gasteiger partial charge in [0.05, 0.1) is 6.61 Å². The minimum absolute atomic E-state index is 0. The van der Waals surface area contributed by atoms with Crippen LogP contribution in [0.2, 0.25) is 0 Å². The molecule has 0 aliphatic rings. The molecule has 2 aromatic rings. The summed E-state index contributed by atoms with van der Waals surface area (Å²) in [5, 5.41) is 6.45. The van der Waals surface area contributed by atoms with E-state index >= 15 is 0 Å².